The van der Waals surface area contributed by atoms with Gasteiger partial charge in [-0.3, -0.25) is 0 Å². The van der Waals surface area contributed by atoms with Crippen molar-refractivity contribution >= 4 is 11.6 Å². The molecule has 1 atom stereocenters. The van der Waals surface area contributed by atoms with Crippen molar-refractivity contribution < 1.29 is 17.6 Å². The van der Waals surface area contributed by atoms with Gasteiger partial charge in [-0.05, 0) is 31.5 Å². The van der Waals surface area contributed by atoms with Crippen LogP contribution in [0.3, 0.4) is 0 Å². The Hall–Kier alpha value is -0.810. The standard InChI is InChI=1S/C13H16ClF4N/c1-2-8-19-11(6-7-13(16,17)18)12-9(14)4-3-5-10(12)15/h3-5,11,19H,2,6-8H2,1H3. The van der Waals surface area contributed by atoms with E-state index in [1.165, 1.54) is 18.2 Å². The Labute approximate surface area is 115 Å². The highest BCUT2D eigenvalue weighted by molar-refractivity contribution is 6.31. The maximum Gasteiger partial charge on any atom is 0.389 e. The number of halogens is 5. The normalized spacial score (nSPS) is 13.6. The molecule has 0 aliphatic carbocycles. The quantitative estimate of drug-likeness (QED) is 0.739. The SMILES string of the molecule is CCCNC(CCC(F)(F)F)c1c(F)cccc1Cl. The van der Waals surface area contributed by atoms with E-state index in [9.17, 15) is 17.6 Å². The van der Waals surface area contributed by atoms with Gasteiger partial charge in [0.05, 0.1) is 0 Å². The fourth-order valence-corrected chi connectivity index (χ4v) is 2.11. The molecule has 0 bridgehead atoms. The van der Waals surface area contributed by atoms with Crippen molar-refractivity contribution in [2.75, 3.05) is 6.54 Å². The summed E-state index contributed by atoms with van der Waals surface area (Å²) in [6.45, 7) is 2.39. The van der Waals surface area contributed by atoms with Gasteiger partial charge in [-0.1, -0.05) is 24.6 Å². The fraction of sp³-hybridized carbons (Fsp3) is 0.538. The number of nitrogens with one attached hydrogen (secondary N) is 1. The van der Waals surface area contributed by atoms with Gasteiger partial charge in [0.1, 0.15) is 5.82 Å². The number of rotatable bonds is 6. The molecule has 0 saturated carbocycles. The van der Waals surface area contributed by atoms with E-state index in [0.29, 0.717) is 6.54 Å². The first-order chi connectivity index (χ1) is 8.85. The van der Waals surface area contributed by atoms with Gasteiger partial charge in [0, 0.05) is 23.0 Å². The Morgan fingerprint density at radius 3 is 2.53 bits per heavy atom. The summed E-state index contributed by atoms with van der Waals surface area (Å²) in [5.41, 5.74) is 0.113. The number of benzene rings is 1. The highest BCUT2D eigenvalue weighted by Crippen LogP contribution is 2.32. The zero-order chi connectivity index (χ0) is 14.5. The van der Waals surface area contributed by atoms with E-state index in [4.69, 9.17) is 11.6 Å². The van der Waals surface area contributed by atoms with Crippen molar-refractivity contribution in [1.82, 2.24) is 5.32 Å². The van der Waals surface area contributed by atoms with Gasteiger partial charge in [0.15, 0.2) is 0 Å². The van der Waals surface area contributed by atoms with Crippen LogP contribution >= 0.6 is 11.6 Å². The van der Waals surface area contributed by atoms with Gasteiger partial charge in [-0.15, -0.1) is 0 Å². The summed E-state index contributed by atoms with van der Waals surface area (Å²) in [6.07, 6.45) is -4.72. The van der Waals surface area contributed by atoms with Gasteiger partial charge in [0.2, 0.25) is 0 Å². The molecule has 0 heterocycles. The molecule has 1 aromatic rings. The van der Waals surface area contributed by atoms with Crippen molar-refractivity contribution in [1.29, 1.82) is 0 Å². The Balaban J connectivity index is 2.89. The van der Waals surface area contributed by atoms with Crippen LogP contribution in [0.15, 0.2) is 18.2 Å². The van der Waals surface area contributed by atoms with E-state index in [2.05, 4.69) is 5.32 Å². The second-order valence-corrected chi connectivity index (χ2v) is 4.70. The van der Waals surface area contributed by atoms with Crippen molar-refractivity contribution in [2.24, 2.45) is 0 Å². The lowest BCUT2D eigenvalue weighted by Gasteiger charge is -2.21. The van der Waals surface area contributed by atoms with Crippen LogP contribution in [0.5, 0.6) is 0 Å². The molecule has 0 aliphatic rings. The molecule has 0 radical (unpaired) electrons. The van der Waals surface area contributed by atoms with Crippen molar-refractivity contribution in [2.45, 2.75) is 38.4 Å². The third-order valence-electron chi connectivity index (χ3n) is 2.71. The molecule has 108 valence electrons. The van der Waals surface area contributed by atoms with Crippen LogP contribution in [0.2, 0.25) is 5.02 Å². The summed E-state index contributed by atoms with van der Waals surface area (Å²) in [7, 11) is 0. The summed E-state index contributed by atoms with van der Waals surface area (Å²) in [5, 5.41) is 3.06. The van der Waals surface area contributed by atoms with Crippen molar-refractivity contribution in [3.63, 3.8) is 0 Å². The molecule has 1 rings (SSSR count). The molecule has 0 amide bonds. The molecule has 1 aromatic carbocycles. The number of alkyl halides is 3. The maximum atomic E-state index is 13.7. The van der Waals surface area contributed by atoms with Crippen molar-refractivity contribution in [3.8, 4) is 0 Å². The number of hydrogen-bond acceptors (Lipinski definition) is 1. The predicted octanol–water partition coefficient (Wildman–Crippen LogP) is 4.86. The molecule has 19 heavy (non-hydrogen) atoms. The van der Waals surface area contributed by atoms with Crippen molar-refractivity contribution in [3.05, 3.63) is 34.6 Å². The van der Waals surface area contributed by atoms with E-state index in [-0.39, 0.29) is 17.0 Å². The highest BCUT2D eigenvalue weighted by Gasteiger charge is 2.30. The molecule has 1 N–H and O–H groups in total. The first-order valence-electron chi connectivity index (χ1n) is 6.09. The average molecular weight is 298 g/mol. The van der Waals surface area contributed by atoms with E-state index < -0.39 is 24.5 Å². The minimum atomic E-state index is -4.26. The molecule has 1 nitrogen and oxygen atoms in total. The van der Waals surface area contributed by atoms with Crippen LogP contribution in [0.1, 0.15) is 37.8 Å². The van der Waals surface area contributed by atoms with Crippen LogP contribution in [0.25, 0.3) is 0 Å². The lowest BCUT2D eigenvalue weighted by atomic mass is 10.0. The van der Waals surface area contributed by atoms with Crippen LogP contribution in [-0.2, 0) is 0 Å². The summed E-state index contributed by atoms with van der Waals surface area (Å²) in [5.74, 6) is -0.580. The van der Waals surface area contributed by atoms with Crippen LogP contribution in [0.4, 0.5) is 17.6 Å². The lowest BCUT2D eigenvalue weighted by molar-refractivity contribution is -0.136. The summed E-state index contributed by atoms with van der Waals surface area (Å²) < 4.78 is 50.6. The first-order valence-corrected chi connectivity index (χ1v) is 6.47. The Morgan fingerprint density at radius 2 is 2.00 bits per heavy atom. The highest BCUT2D eigenvalue weighted by atomic mass is 35.5. The third kappa shape index (κ3) is 5.37. The molecule has 0 saturated heterocycles. The smallest absolute Gasteiger partial charge is 0.310 e. The number of hydrogen-bond donors (Lipinski definition) is 1. The lowest BCUT2D eigenvalue weighted by Crippen LogP contribution is -2.25. The summed E-state index contributed by atoms with van der Waals surface area (Å²) in [4.78, 5) is 0. The molecule has 0 aliphatic heterocycles. The van der Waals surface area contributed by atoms with Gasteiger partial charge in [0.25, 0.3) is 0 Å². The Kier molecular flexibility index (Phi) is 6.07. The molecule has 6 heteroatoms. The Morgan fingerprint density at radius 1 is 1.32 bits per heavy atom. The zero-order valence-corrected chi connectivity index (χ0v) is 11.3. The van der Waals surface area contributed by atoms with Gasteiger partial charge >= 0.3 is 6.18 Å². The maximum absolute atomic E-state index is 13.7. The third-order valence-corrected chi connectivity index (χ3v) is 3.03. The van der Waals surface area contributed by atoms with Gasteiger partial charge in [-0.2, -0.15) is 13.2 Å². The van der Waals surface area contributed by atoms with E-state index in [0.717, 1.165) is 6.42 Å². The van der Waals surface area contributed by atoms with Crippen LogP contribution < -0.4 is 5.32 Å². The monoisotopic (exact) mass is 297 g/mol. The summed E-state index contributed by atoms with van der Waals surface area (Å²) >= 11 is 5.89. The molecule has 0 fully saturated rings. The minimum absolute atomic E-state index is 0.113. The zero-order valence-electron chi connectivity index (χ0n) is 10.5. The minimum Gasteiger partial charge on any atom is -0.310 e. The summed E-state index contributed by atoms with van der Waals surface area (Å²) in [6, 6.07) is 3.39. The van der Waals surface area contributed by atoms with E-state index in [1.807, 2.05) is 6.92 Å². The molecular formula is C13H16ClF4N. The van der Waals surface area contributed by atoms with E-state index in [1.54, 1.807) is 0 Å². The largest absolute Gasteiger partial charge is 0.389 e. The van der Waals surface area contributed by atoms with Gasteiger partial charge < -0.3 is 5.32 Å². The second-order valence-electron chi connectivity index (χ2n) is 4.30. The average Bonchev–Trinajstić information content (AvgIpc) is 2.30. The molecule has 0 aromatic heterocycles. The van der Waals surface area contributed by atoms with Crippen LogP contribution in [-0.4, -0.2) is 12.7 Å². The topological polar surface area (TPSA) is 12.0 Å². The Bertz CT molecular complexity index is 386. The molecule has 1 unspecified atom stereocenters. The molecule has 0 spiro atoms. The molecular weight excluding hydrogens is 282 g/mol. The van der Waals surface area contributed by atoms with Crippen LogP contribution in [0, 0.1) is 5.82 Å². The fourth-order valence-electron chi connectivity index (χ4n) is 1.82. The second kappa shape index (κ2) is 7.10. The predicted molar refractivity (Wildman–Crippen MR) is 67.7 cm³/mol. The van der Waals surface area contributed by atoms with Gasteiger partial charge in [-0.25, -0.2) is 4.39 Å². The first kappa shape index (κ1) is 16.2. The van der Waals surface area contributed by atoms with E-state index >= 15 is 0 Å².